The number of rotatable bonds is 0. The van der Waals surface area contributed by atoms with Crippen molar-refractivity contribution >= 4 is 11.6 Å². The lowest BCUT2D eigenvalue weighted by Crippen LogP contribution is -2.42. The van der Waals surface area contributed by atoms with Gasteiger partial charge in [-0.1, -0.05) is 12.1 Å². The lowest BCUT2D eigenvalue weighted by Gasteiger charge is -2.27. The van der Waals surface area contributed by atoms with E-state index in [0.717, 1.165) is 30.6 Å². The van der Waals surface area contributed by atoms with Crippen LogP contribution in [0.15, 0.2) is 24.3 Å². The van der Waals surface area contributed by atoms with E-state index in [1.165, 1.54) is 0 Å². The van der Waals surface area contributed by atoms with Crippen molar-refractivity contribution in [2.24, 2.45) is 0 Å². The SMILES string of the molecule is CC1CC[C@H]2CN(C)c3ccccc3C(=O)N12. The van der Waals surface area contributed by atoms with Gasteiger partial charge in [-0.2, -0.15) is 0 Å². The molecule has 1 fully saturated rings. The zero-order valence-electron chi connectivity index (χ0n) is 10.4. The van der Waals surface area contributed by atoms with Crippen LogP contribution in [0.25, 0.3) is 0 Å². The number of benzene rings is 1. The fraction of sp³-hybridized carbons (Fsp3) is 0.500. The van der Waals surface area contributed by atoms with Gasteiger partial charge in [0.05, 0.1) is 5.56 Å². The number of fused-ring (bicyclic) bond motifs is 2. The minimum absolute atomic E-state index is 0.208. The summed E-state index contributed by atoms with van der Waals surface area (Å²) in [6.45, 7) is 3.11. The summed E-state index contributed by atoms with van der Waals surface area (Å²) in [7, 11) is 2.08. The number of hydrogen-bond donors (Lipinski definition) is 0. The summed E-state index contributed by atoms with van der Waals surface area (Å²) in [4.78, 5) is 16.9. The first-order chi connectivity index (χ1) is 8.18. The average molecular weight is 230 g/mol. The summed E-state index contributed by atoms with van der Waals surface area (Å²) >= 11 is 0. The molecule has 1 saturated heterocycles. The third-order valence-electron chi connectivity index (χ3n) is 4.05. The van der Waals surface area contributed by atoms with Gasteiger partial charge < -0.3 is 9.80 Å². The Balaban J connectivity index is 2.09. The van der Waals surface area contributed by atoms with Crippen LogP contribution in [-0.4, -0.2) is 36.5 Å². The predicted octanol–water partition coefficient (Wildman–Crippen LogP) is 2.13. The number of hydrogen-bond acceptors (Lipinski definition) is 2. The Bertz CT molecular complexity index is 457. The van der Waals surface area contributed by atoms with Crippen LogP contribution in [0.4, 0.5) is 5.69 Å². The van der Waals surface area contributed by atoms with Gasteiger partial charge >= 0.3 is 0 Å². The molecule has 17 heavy (non-hydrogen) atoms. The first-order valence-electron chi connectivity index (χ1n) is 6.31. The van der Waals surface area contributed by atoms with Crippen LogP contribution in [0.5, 0.6) is 0 Å². The number of amides is 1. The second kappa shape index (κ2) is 3.76. The molecular formula is C14H18N2O. The van der Waals surface area contributed by atoms with Crippen LogP contribution in [0.2, 0.25) is 0 Å². The van der Waals surface area contributed by atoms with Crippen molar-refractivity contribution in [3.63, 3.8) is 0 Å². The van der Waals surface area contributed by atoms with E-state index in [2.05, 4.69) is 23.8 Å². The highest BCUT2D eigenvalue weighted by Gasteiger charge is 2.38. The molecule has 1 aromatic rings. The summed E-state index contributed by atoms with van der Waals surface area (Å²) in [5.74, 6) is 0.208. The summed E-state index contributed by atoms with van der Waals surface area (Å²) in [5.41, 5.74) is 1.92. The number of para-hydroxylation sites is 1. The molecule has 1 aromatic carbocycles. The Hall–Kier alpha value is -1.51. The third-order valence-corrected chi connectivity index (χ3v) is 4.05. The zero-order valence-corrected chi connectivity index (χ0v) is 10.4. The number of anilines is 1. The molecule has 0 N–H and O–H groups in total. The molecular weight excluding hydrogens is 212 g/mol. The van der Waals surface area contributed by atoms with Crippen LogP contribution < -0.4 is 4.90 Å². The van der Waals surface area contributed by atoms with Gasteiger partial charge in [0.15, 0.2) is 0 Å². The molecule has 2 atom stereocenters. The highest BCUT2D eigenvalue weighted by Crippen LogP contribution is 2.33. The van der Waals surface area contributed by atoms with Gasteiger partial charge in [0, 0.05) is 31.4 Å². The van der Waals surface area contributed by atoms with Gasteiger partial charge in [-0.3, -0.25) is 4.79 Å². The van der Waals surface area contributed by atoms with E-state index in [4.69, 9.17) is 0 Å². The second-order valence-electron chi connectivity index (χ2n) is 5.19. The average Bonchev–Trinajstić information content (AvgIpc) is 2.64. The van der Waals surface area contributed by atoms with Gasteiger partial charge in [0.25, 0.3) is 5.91 Å². The summed E-state index contributed by atoms with van der Waals surface area (Å²) in [6, 6.07) is 8.71. The molecule has 1 unspecified atom stereocenters. The van der Waals surface area contributed by atoms with Crippen molar-refractivity contribution in [1.82, 2.24) is 4.90 Å². The van der Waals surface area contributed by atoms with E-state index in [0.29, 0.717) is 12.1 Å². The van der Waals surface area contributed by atoms with Crippen LogP contribution in [0.1, 0.15) is 30.1 Å². The van der Waals surface area contributed by atoms with Crippen molar-refractivity contribution in [1.29, 1.82) is 0 Å². The van der Waals surface area contributed by atoms with Crippen LogP contribution >= 0.6 is 0 Å². The Morgan fingerprint density at radius 3 is 2.82 bits per heavy atom. The van der Waals surface area contributed by atoms with Crippen LogP contribution in [0.3, 0.4) is 0 Å². The van der Waals surface area contributed by atoms with E-state index < -0.39 is 0 Å². The molecule has 0 saturated carbocycles. The van der Waals surface area contributed by atoms with Gasteiger partial charge in [0.2, 0.25) is 0 Å². The van der Waals surface area contributed by atoms with Crippen LogP contribution in [-0.2, 0) is 0 Å². The summed E-state index contributed by atoms with van der Waals surface area (Å²) in [5, 5.41) is 0. The standard InChI is InChI=1S/C14H18N2O/c1-10-7-8-11-9-15(2)13-6-4-3-5-12(13)14(17)16(10)11/h3-6,10-11H,7-9H2,1-2H3/t10?,11-/m0/s1. The lowest BCUT2D eigenvalue weighted by atomic mass is 10.1. The molecule has 0 aliphatic carbocycles. The molecule has 3 rings (SSSR count). The number of carbonyl (C=O) groups excluding carboxylic acids is 1. The van der Waals surface area contributed by atoms with E-state index >= 15 is 0 Å². The molecule has 2 aliphatic rings. The van der Waals surface area contributed by atoms with E-state index in [1.807, 2.05) is 24.3 Å². The van der Waals surface area contributed by atoms with Crippen molar-refractivity contribution < 1.29 is 4.79 Å². The lowest BCUT2D eigenvalue weighted by molar-refractivity contribution is 0.0694. The van der Waals surface area contributed by atoms with Crippen molar-refractivity contribution in [3.8, 4) is 0 Å². The smallest absolute Gasteiger partial charge is 0.256 e. The maximum atomic E-state index is 12.6. The third kappa shape index (κ3) is 1.53. The first-order valence-corrected chi connectivity index (χ1v) is 6.31. The maximum absolute atomic E-state index is 12.6. The highest BCUT2D eigenvalue weighted by molar-refractivity contribution is 6.01. The fourth-order valence-corrected chi connectivity index (χ4v) is 3.16. The molecule has 0 spiro atoms. The Morgan fingerprint density at radius 1 is 1.24 bits per heavy atom. The van der Waals surface area contributed by atoms with E-state index in [9.17, 15) is 4.79 Å². The normalized spacial score (nSPS) is 27.8. The molecule has 0 bridgehead atoms. The number of likely N-dealkylation sites (N-methyl/N-ethyl adjacent to an activating group) is 1. The highest BCUT2D eigenvalue weighted by atomic mass is 16.2. The minimum atomic E-state index is 0.208. The topological polar surface area (TPSA) is 23.6 Å². The molecule has 2 heterocycles. The molecule has 0 aromatic heterocycles. The molecule has 2 aliphatic heterocycles. The molecule has 0 radical (unpaired) electrons. The second-order valence-corrected chi connectivity index (χ2v) is 5.19. The van der Waals surface area contributed by atoms with Crippen molar-refractivity contribution in [2.75, 3.05) is 18.5 Å². The Kier molecular flexibility index (Phi) is 2.35. The van der Waals surface area contributed by atoms with Crippen LogP contribution in [0, 0.1) is 0 Å². The zero-order chi connectivity index (χ0) is 12.0. The van der Waals surface area contributed by atoms with Crippen molar-refractivity contribution in [2.45, 2.75) is 31.8 Å². The first kappa shape index (κ1) is 10.6. The van der Waals surface area contributed by atoms with Gasteiger partial charge in [-0.25, -0.2) is 0 Å². The van der Waals surface area contributed by atoms with E-state index in [1.54, 1.807) is 0 Å². The largest absolute Gasteiger partial charge is 0.372 e. The molecule has 3 heteroatoms. The van der Waals surface area contributed by atoms with E-state index in [-0.39, 0.29) is 5.91 Å². The Labute approximate surface area is 102 Å². The Morgan fingerprint density at radius 2 is 2.00 bits per heavy atom. The minimum Gasteiger partial charge on any atom is -0.372 e. The molecule has 3 nitrogen and oxygen atoms in total. The molecule has 90 valence electrons. The number of nitrogens with zero attached hydrogens (tertiary/aromatic N) is 2. The summed E-state index contributed by atoms with van der Waals surface area (Å²) in [6.07, 6.45) is 2.26. The summed E-state index contributed by atoms with van der Waals surface area (Å²) < 4.78 is 0. The maximum Gasteiger partial charge on any atom is 0.256 e. The fourth-order valence-electron chi connectivity index (χ4n) is 3.16. The van der Waals surface area contributed by atoms with Gasteiger partial charge in [-0.15, -0.1) is 0 Å². The van der Waals surface area contributed by atoms with Gasteiger partial charge in [-0.05, 0) is 31.9 Å². The quantitative estimate of drug-likeness (QED) is 0.681. The monoisotopic (exact) mass is 230 g/mol. The molecule has 1 amide bonds. The van der Waals surface area contributed by atoms with Gasteiger partial charge in [0.1, 0.15) is 0 Å². The number of carbonyl (C=O) groups is 1. The predicted molar refractivity (Wildman–Crippen MR) is 68.4 cm³/mol. The van der Waals surface area contributed by atoms with Crippen molar-refractivity contribution in [3.05, 3.63) is 29.8 Å².